The monoisotopic (exact) mass is 205 g/mol. The van der Waals surface area contributed by atoms with Crippen LogP contribution in [0.15, 0.2) is 24.3 Å². The molecular formula is C13H19NO. The van der Waals surface area contributed by atoms with Crippen LogP contribution in [0.4, 0.5) is 0 Å². The van der Waals surface area contributed by atoms with Crippen LogP contribution in [0.25, 0.3) is 0 Å². The highest BCUT2D eigenvalue weighted by Crippen LogP contribution is 2.37. The molecule has 0 radical (unpaired) electrons. The van der Waals surface area contributed by atoms with Gasteiger partial charge >= 0.3 is 0 Å². The fourth-order valence-corrected chi connectivity index (χ4v) is 2.32. The average molecular weight is 205 g/mol. The molecule has 2 heteroatoms. The summed E-state index contributed by atoms with van der Waals surface area (Å²) in [5.74, 6) is 0. The Morgan fingerprint density at radius 2 is 2.07 bits per heavy atom. The van der Waals surface area contributed by atoms with Crippen molar-refractivity contribution >= 4 is 0 Å². The molecule has 0 spiro atoms. The van der Waals surface area contributed by atoms with Crippen LogP contribution in [-0.4, -0.2) is 26.8 Å². The Labute approximate surface area is 91.6 Å². The summed E-state index contributed by atoms with van der Waals surface area (Å²) in [6, 6.07) is 8.66. The van der Waals surface area contributed by atoms with Crippen LogP contribution < -0.4 is 5.32 Å². The highest BCUT2D eigenvalue weighted by atomic mass is 16.5. The van der Waals surface area contributed by atoms with Gasteiger partial charge in [-0.05, 0) is 38.1 Å². The van der Waals surface area contributed by atoms with Crippen LogP contribution >= 0.6 is 0 Å². The van der Waals surface area contributed by atoms with Crippen molar-refractivity contribution in [1.29, 1.82) is 0 Å². The van der Waals surface area contributed by atoms with Crippen LogP contribution in [0.5, 0.6) is 0 Å². The van der Waals surface area contributed by atoms with Gasteiger partial charge in [-0.1, -0.05) is 24.3 Å². The van der Waals surface area contributed by atoms with Crippen LogP contribution in [0, 0.1) is 6.92 Å². The summed E-state index contributed by atoms with van der Waals surface area (Å²) in [6.45, 7) is 4.99. The number of aryl methyl sites for hydroxylation is 1. The second-order valence-corrected chi connectivity index (χ2v) is 4.44. The molecule has 1 saturated heterocycles. The summed E-state index contributed by atoms with van der Waals surface area (Å²) in [6.07, 6.45) is 1.16. The van der Waals surface area contributed by atoms with Gasteiger partial charge in [0.25, 0.3) is 0 Å². The molecule has 0 bridgehead atoms. The molecule has 1 heterocycles. The quantitative estimate of drug-likeness (QED) is 0.810. The van der Waals surface area contributed by atoms with Crippen molar-refractivity contribution in [3.05, 3.63) is 35.4 Å². The third kappa shape index (κ3) is 1.92. The van der Waals surface area contributed by atoms with E-state index < -0.39 is 0 Å². The predicted molar refractivity (Wildman–Crippen MR) is 62.2 cm³/mol. The Bertz CT molecular complexity index is 331. The summed E-state index contributed by atoms with van der Waals surface area (Å²) in [4.78, 5) is 0. The van der Waals surface area contributed by atoms with E-state index in [1.165, 1.54) is 11.1 Å². The maximum Gasteiger partial charge on any atom is 0.0586 e. The molecule has 0 saturated carbocycles. The number of hydrogen-bond donors (Lipinski definition) is 1. The fraction of sp³-hybridized carbons (Fsp3) is 0.538. The summed E-state index contributed by atoms with van der Waals surface area (Å²) >= 11 is 0. The first-order chi connectivity index (χ1) is 7.28. The topological polar surface area (TPSA) is 21.3 Å². The lowest BCUT2D eigenvalue weighted by atomic mass is 9.74. The van der Waals surface area contributed by atoms with Crippen LogP contribution in [0.1, 0.15) is 17.5 Å². The van der Waals surface area contributed by atoms with Crippen molar-refractivity contribution in [3.8, 4) is 0 Å². The van der Waals surface area contributed by atoms with Crippen molar-refractivity contribution in [3.63, 3.8) is 0 Å². The van der Waals surface area contributed by atoms with Gasteiger partial charge in [0.2, 0.25) is 0 Å². The molecule has 0 atom stereocenters. The Hall–Kier alpha value is -0.860. The lowest BCUT2D eigenvalue weighted by Crippen LogP contribution is -2.48. The summed E-state index contributed by atoms with van der Waals surface area (Å²) in [5.41, 5.74) is 3.12. The highest BCUT2D eigenvalue weighted by molar-refractivity contribution is 5.35. The fourth-order valence-electron chi connectivity index (χ4n) is 2.32. The minimum absolute atomic E-state index is 0.272. The zero-order valence-corrected chi connectivity index (χ0v) is 9.55. The van der Waals surface area contributed by atoms with Gasteiger partial charge in [0.15, 0.2) is 0 Å². The SMILES string of the molecule is CNCCC1(c2ccccc2C)COC1. The van der Waals surface area contributed by atoms with Gasteiger partial charge in [-0.25, -0.2) is 0 Å². The molecule has 1 aliphatic heterocycles. The largest absolute Gasteiger partial charge is 0.379 e. The van der Waals surface area contributed by atoms with E-state index >= 15 is 0 Å². The Kier molecular flexibility index (Phi) is 3.08. The maximum atomic E-state index is 5.42. The van der Waals surface area contributed by atoms with Crippen molar-refractivity contribution < 1.29 is 4.74 Å². The van der Waals surface area contributed by atoms with E-state index in [0.29, 0.717) is 0 Å². The summed E-state index contributed by atoms with van der Waals surface area (Å²) in [5, 5.41) is 3.23. The number of hydrogen-bond acceptors (Lipinski definition) is 2. The number of benzene rings is 1. The Morgan fingerprint density at radius 3 is 2.60 bits per heavy atom. The van der Waals surface area contributed by atoms with E-state index in [4.69, 9.17) is 4.74 Å². The van der Waals surface area contributed by atoms with Crippen molar-refractivity contribution in [2.24, 2.45) is 0 Å². The van der Waals surface area contributed by atoms with E-state index in [0.717, 1.165) is 26.2 Å². The molecule has 0 aliphatic carbocycles. The minimum Gasteiger partial charge on any atom is -0.379 e. The van der Waals surface area contributed by atoms with Gasteiger partial charge in [0, 0.05) is 5.41 Å². The van der Waals surface area contributed by atoms with Gasteiger partial charge in [-0.15, -0.1) is 0 Å². The molecule has 2 rings (SSSR count). The second-order valence-electron chi connectivity index (χ2n) is 4.44. The van der Waals surface area contributed by atoms with E-state index in [2.05, 4.69) is 36.5 Å². The smallest absolute Gasteiger partial charge is 0.0586 e. The second kappa shape index (κ2) is 4.33. The Morgan fingerprint density at radius 1 is 1.33 bits per heavy atom. The average Bonchev–Trinajstić information content (AvgIpc) is 2.19. The van der Waals surface area contributed by atoms with Crippen LogP contribution in [0.2, 0.25) is 0 Å². The summed E-state index contributed by atoms with van der Waals surface area (Å²) < 4.78 is 5.42. The molecule has 1 aromatic rings. The molecule has 15 heavy (non-hydrogen) atoms. The number of ether oxygens (including phenoxy) is 1. The van der Waals surface area contributed by atoms with Crippen LogP contribution in [-0.2, 0) is 10.2 Å². The van der Waals surface area contributed by atoms with Gasteiger partial charge < -0.3 is 10.1 Å². The van der Waals surface area contributed by atoms with E-state index in [1.54, 1.807) is 0 Å². The normalized spacial score (nSPS) is 18.5. The molecule has 1 aromatic carbocycles. The first-order valence-corrected chi connectivity index (χ1v) is 5.57. The molecule has 0 aromatic heterocycles. The molecule has 0 unspecified atom stereocenters. The van der Waals surface area contributed by atoms with E-state index in [1.807, 2.05) is 7.05 Å². The van der Waals surface area contributed by atoms with Gasteiger partial charge in [0.05, 0.1) is 13.2 Å². The first kappa shape index (κ1) is 10.7. The van der Waals surface area contributed by atoms with E-state index in [-0.39, 0.29) is 5.41 Å². The van der Waals surface area contributed by atoms with Crippen molar-refractivity contribution in [1.82, 2.24) is 5.32 Å². The molecule has 2 nitrogen and oxygen atoms in total. The molecular weight excluding hydrogens is 186 g/mol. The molecule has 1 aliphatic rings. The highest BCUT2D eigenvalue weighted by Gasteiger charge is 2.40. The van der Waals surface area contributed by atoms with Gasteiger partial charge in [-0.3, -0.25) is 0 Å². The summed E-state index contributed by atoms with van der Waals surface area (Å²) in [7, 11) is 2.01. The zero-order chi connectivity index (χ0) is 10.7. The third-order valence-corrected chi connectivity index (χ3v) is 3.33. The molecule has 1 N–H and O–H groups in total. The lowest BCUT2D eigenvalue weighted by molar-refractivity contribution is -0.0641. The van der Waals surface area contributed by atoms with Crippen LogP contribution in [0.3, 0.4) is 0 Å². The van der Waals surface area contributed by atoms with Gasteiger partial charge in [-0.2, -0.15) is 0 Å². The van der Waals surface area contributed by atoms with E-state index in [9.17, 15) is 0 Å². The predicted octanol–water partition coefficient (Wildman–Crippen LogP) is 1.87. The van der Waals surface area contributed by atoms with Gasteiger partial charge in [0.1, 0.15) is 0 Å². The zero-order valence-electron chi connectivity index (χ0n) is 9.55. The molecule has 1 fully saturated rings. The Balaban J connectivity index is 2.22. The first-order valence-electron chi connectivity index (χ1n) is 5.57. The lowest BCUT2D eigenvalue weighted by Gasteiger charge is -2.43. The standard InChI is InChI=1S/C13H19NO/c1-11-5-3-4-6-12(11)13(7-8-14-2)9-15-10-13/h3-6,14H,7-10H2,1-2H3. The van der Waals surface area contributed by atoms with Crippen molar-refractivity contribution in [2.45, 2.75) is 18.8 Å². The maximum absolute atomic E-state index is 5.42. The number of rotatable bonds is 4. The molecule has 0 amide bonds. The number of nitrogens with one attached hydrogen (secondary N) is 1. The molecule has 82 valence electrons. The minimum atomic E-state index is 0.272. The third-order valence-electron chi connectivity index (χ3n) is 3.33. The van der Waals surface area contributed by atoms with Crippen molar-refractivity contribution in [2.75, 3.05) is 26.8 Å².